The number of aromatic nitrogens is 1. The lowest BCUT2D eigenvalue weighted by atomic mass is 9.97. The van der Waals surface area contributed by atoms with Crippen molar-refractivity contribution >= 4 is 16.6 Å². The number of anilines is 1. The zero-order valence-electron chi connectivity index (χ0n) is 12.8. The van der Waals surface area contributed by atoms with Gasteiger partial charge in [0.1, 0.15) is 11.6 Å². The van der Waals surface area contributed by atoms with Gasteiger partial charge in [-0.15, -0.1) is 0 Å². The topological polar surface area (TPSA) is 37.4 Å². The van der Waals surface area contributed by atoms with E-state index in [1.807, 2.05) is 18.3 Å². The summed E-state index contributed by atoms with van der Waals surface area (Å²) < 4.78 is 5.28. The molecule has 0 radical (unpaired) electrons. The Labute approximate surface area is 126 Å². The van der Waals surface area contributed by atoms with Crippen LogP contribution in [0.2, 0.25) is 0 Å². The first kappa shape index (κ1) is 14.1. The molecule has 3 rings (SSSR count). The van der Waals surface area contributed by atoms with Crippen LogP contribution in [0.1, 0.15) is 12.8 Å². The van der Waals surface area contributed by atoms with Crippen molar-refractivity contribution in [3.8, 4) is 5.75 Å². The molecule has 1 aliphatic heterocycles. The van der Waals surface area contributed by atoms with Crippen molar-refractivity contribution in [1.29, 1.82) is 0 Å². The van der Waals surface area contributed by atoms with E-state index in [9.17, 15) is 0 Å². The summed E-state index contributed by atoms with van der Waals surface area (Å²) in [5.41, 5.74) is 0. The van der Waals surface area contributed by atoms with Gasteiger partial charge >= 0.3 is 0 Å². The van der Waals surface area contributed by atoms with Crippen LogP contribution in [0.4, 0.5) is 5.82 Å². The van der Waals surface area contributed by atoms with Crippen molar-refractivity contribution in [2.75, 3.05) is 39.1 Å². The van der Waals surface area contributed by atoms with Gasteiger partial charge in [0, 0.05) is 18.1 Å². The van der Waals surface area contributed by atoms with E-state index in [-0.39, 0.29) is 0 Å². The Hall–Kier alpha value is -1.81. The van der Waals surface area contributed by atoms with E-state index in [2.05, 4.69) is 34.4 Å². The normalized spacial score (nSPS) is 17.0. The molecule has 2 aromatic rings. The molecule has 1 saturated heterocycles. The summed E-state index contributed by atoms with van der Waals surface area (Å²) >= 11 is 0. The molecular weight excluding hydrogens is 262 g/mol. The summed E-state index contributed by atoms with van der Waals surface area (Å²) in [6, 6.07) is 8.15. The lowest BCUT2D eigenvalue weighted by molar-refractivity contribution is 0.226. The maximum absolute atomic E-state index is 5.28. The Morgan fingerprint density at radius 3 is 2.86 bits per heavy atom. The number of rotatable bonds is 4. The van der Waals surface area contributed by atoms with Crippen molar-refractivity contribution in [3.05, 3.63) is 30.5 Å². The second kappa shape index (κ2) is 6.31. The molecule has 112 valence electrons. The molecule has 4 heteroatoms. The van der Waals surface area contributed by atoms with Gasteiger partial charge in [0.2, 0.25) is 0 Å². The molecule has 0 saturated carbocycles. The molecule has 0 spiro atoms. The minimum atomic E-state index is 0.747. The Kier molecular flexibility index (Phi) is 4.25. The minimum absolute atomic E-state index is 0.747. The quantitative estimate of drug-likeness (QED) is 0.937. The van der Waals surface area contributed by atoms with Crippen molar-refractivity contribution in [3.63, 3.8) is 0 Å². The lowest BCUT2D eigenvalue weighted by Crippen LogP contribution is -2.33. The number of ether oxygens (including phenoxy) is 1. The SMILES string of the molecule is COc1ccc2c(NCC3CCN(C)CC3)nccc2c1. The monoisotopic (exact) mass is 285 g/mol. The lowest BCUT2D eigenvalue weighted by Gasteiger charge is -2.29. The molecule has 1 aliphatic rings. The minimum Gasteiger partial charge on any atom is -0.497 e. The molecule has 1 aromatic heterocycles. The average Bonchev–Trinajstić information content (AvgIpc) is 2.53. The third-order valence-corrected chi connectivity index (χ3v) is 4.37. The number of benzene rings is 1. The fraction of sp³-hybridized carbons (Fsp3) is 0.471. The molecular formula is C17H23N3O. The predicted octanol–water partition coefficient (Wildman–Crippen LogP) is 3.00. The van der Waals surface area contributed by atoms with E-state index >= 15 is 0 Å². The first-order valence-electron chi connectivity index (χ1n) is 7.61. The maximum Gasteiger partial charge on any atom is 0.133 e. The smallest absolute Gasteiger partial charge is 0.133 e. The zero-order valence-corrected chi connectivity index (χ0v) is 12.8. The Bertz CT molecular complexity index is 606. The zero-order chi connectivity index (χ0) is 14.7. The summed E-state index contributed by atoms with van der Waals surface area (Å²) in [4.78, 5) is 6.90. The third-order valence-electron chi connectivity index (χ3n) is 4.37. The highest BCUT2D eigenvalue weighted by Crippen LogP contribution is 2.26. The second-order valence-corrected chi connectivity index (χ2v) is 5.87. The van der Waals surface area contributed by atoms with Crippen molar-refractivity contribution in [1.82, 2.24) is 9.88 Å². The number of hydrogen-bond acceptors (Lipinski definition) is 4. The second-order valence-electron chi connectivity index (χ2n) is 5.87. The van der Waals surface area contributed by atoms with Gasteiger partial charge in [-0.3, -0.25) is 0 Å². The fourth-order valence-corrected chi connectivity index (χ4v) is 2.93. The van der Waals surface area contributed by atoms with E-state index in [1.54, 1.807) is 7.11 Å². The van der Waals surface area contributed by atoms with Gasteiger partial charge < -0.3 is 15.0 Å². The molecule has 1 N–H and O–H groups in total. The number of hydrogen-bond donors (Lipinski definition) is 1. The number of likely N-dealkylation sites (tertiary alicyclic amines) is 1. The first-order chi connectivity index (χ1) is 10.3. The summed E-state index contributed by atoms with van der Waals surface area (Å²) in [7, 11) is 3.89. The van der Waals surface area contributed by atoms with Crippen LogP contribution in [0.15, 0.2) is 30.5 Å². The molecule has 0 amide bonds. The number of pyridine rings is 1. The number of fused-ring (bicyclic) bond motifs is 1. The fourth-order valence-electron chi connectivity index (χ4n) is 2.93. The molecule has 4 nitrogen and oxygen atoms in total. The van der Waals surface area contributed by atoms with Gasteiger partial charge in [-0.2, -0.15) is 0 Å². The van der Waals surface area contributed by atoms with Crippen LogP contribution in [0.5, 0.6) is 5.75 Å². The maximum atomic E-state index is 5.28. The Balaban J connectivity index is 1.72. The number of methoxy groups -OCH3 is 1. The summed E-state index contributed by atoms with van der Waals surface area (Å²) in [5, 5.41) is 5.86. The highest BCUT2D eigenvalue weighted by Gasteiger charge is 2.16. The third kappa shape index (κ3) is 3.27. The standard InChI is InChI=1S/C17H23N3O/c1-20-9-6-13(7-10-20)12-19-17-16-4-3-15(21-2)11-14(16)5-8-18-17/h3-5,8,11,13H,6-7,9-10,12H2,1-2H3,(H,18,19). The van der Waals surface area contributed by atoms with E-state index in [1.165, 1.54) is 25.9 Å². The molecule has 0 aliphatic carbocycles. The number of piperidine rings is 1. The van der Waals surface area contributed by atoms with Crippen LogP contribution >= 0.6 is 0 Å². The van der Waals surface area contributed by atoms with Gasteiger partial charge in [-0.25, -0.2) is 4.98 Å². The van der Waals surface area contributed by atoms with Crippen molar-refractivity contribution in [2.24, 2.45) is 5.92 Å². The molecule has 1 aromatic carbocycles. The highest BCUT2D eigenvalue weighted by atomic mass is 16.5. The molecule has 1 fully saturated rings. The van der Waals surface area contributed by atoms with Crippen LogP contribution in [-0.2, 0) is 0 Å². The van der Waals surface area contributed by atoms with Gasteiger partial charge in [0.05, 0.1) is 7.11 Å². The van der Waals surface area contributed by atoms with Gasteiger partial charge in [0.25, 0.3) is 0 Å². The van der Waals surface area contributed by atoms with Crippen molar-refractivity contribution in [2.45, 2.75) is 12.8 Å². The average molecular weight is 285 g/mol. The molecule has 0 unspecified atom stereocenters. The first-order valence-corrected chi connectivity index (χ1v) is 7.61. The van der Waals surface area contributed by atoms with Gasteiger partial charge in [-0.05, 0) is 68.5 Å². The van der Waals surface area contributed by atoms with E-state index < -0.39 is 0 Å². The predicted molar refractivity (Wildman–Crippen MR) is 87.0 cm³/mol. The van der Waals surface area contributed by atoms with Gasteiger partial charge in [0.15, 0.2) is 0 Å². The Morgan fingerprint density at radius 2 is 2.10 bits per heavy atom. The summed E-state index contributed by atoms with van der Waals surface area (Å²) in [5.74, 6) is 2.61. The van der Waals surface area contributed by atoms with E-state index in [0.717, 1.165) is 34.8 Å². The highest BCUT2D eigenvalue weighted by molar-refractivity contribution is 5.92. The van der Waals surface area contributed by atoms with E-state index in [0.29, 0.717) is 0 Å². The van der Waals surface area contributed by atoms with Crippen LogP contribution in [0.25, 0.3) is 10.8 Å². The number of nitrogens with one attached hydrogen (secondary N) is 1. The summed E-state index contributed by atoms with van der Waals surface area (Å²) in [6.45, 7) is 3.41. The Morgan fingerprint density at radius 1 is 1.29 bits per heavy atom. The van der Waals surface area contributed by atoms with Crippen molar-refractivity contribution < 1.29 is 4.74 Å². The van der Waals surface area contributed by atoms with Gasteiger partial charge in [-0.1, -0.05) is 0 Å². The largest absolute Gasteiger partial charge is 0.497 e. The number of nitrogens with zero attached hydrogens (tertiary/aromatic N) is 2. The van der Waals surface area contributed by atoms with Crippen LogP contribution < -0.4 is 10.1 Å². The van der Waals surface area contributed by atoms with Crippen LogP contribution in [0, 0.1) is 5.92 Å². The molecule has 0 bridgehead atoms. The van der Waals surface area contributed by atoms with E-state index in [4.69, 9.17) is 4.74 Å². The summed E-state index contributed by atoms with van der Waals surface area (Å²) in [6.07, 6.45) is 4.39. The molecule has 2 heterocycles. The van der Waals surface area contributed by atoms with Crippen LogP contribution in [0.3, 0.4) is 0 Å². The molecule has 21 heavy (non-hydrogen) atoms. The molecule has 0 atom stereocenters. The van der Waals surface area contributed by atoms with Crippen LogP contribution in [-0.4, -0.2) is 43.7 Å².